The molecule has 0 saturated heterocycles. The van der Waals surface area contributed by atoms with Crippen LogP contribution in [-0.2, 0) is 32.1 Å². The lowest BCUT2D eigenvalue weighted by Crippen LogP contribution is -2.46. The average molecular weight is 673 g/mol. The third kappa shape index (κ3) is 5.09. The first kappa shape index (κ1) is 30.0. The molecule has 6 rings (SSSR count). The second kappa shape index (κ2) is 11.1. The van der Waals surface area contributed by atoms with E-state index < -0.39 is 23.7 Å². The van der Waals surface area contributed by atoms with E-state index in [1.807, 2.05) is 0 Å². The topological polar surface area (TPSA) is 111 Å². The molecule has 0 radical (unpaired) electrons. The summed E-state index contributed by atoms with van der Waals surface area (Å²) in [5.41, 5.74) is 2.93. The molecule has 1 aliphatic rings. The molecular formula is C30H29BrF3N7O3. The number of carbonyl (C=O) groups is 1. The zero-order valence-corrected chi connectivity index (χ0v) is 25.7. The molecule has 0 bridgehead atoms. The highest BCUT2D eigenvalue weighted by molar-refractivity contribution is 9.10. The summed E-state index contributed by atoms with van der Waals surface area (Å²) in [4.78, 5) is 29.4. The zero-order chi connectivity index (χ0) is 31.5. The molecule has 230 valence electrons. The summed E-state index contributed by atoms with van der Waals surface area (Å²) in [5, 5.41) is 22.3. The van der Waals surface area contributed by atoms with Gasteiger partial charge in [-0.3, -0.25) is 14.2 Å². The lowest BCUT2D eigenvalue weighted by atomic mass is 9.97. The second-order valence-electron chi connectivity index (χ2n) is 11.5. The fraction of sp³-hybridized carbons (Fsp3) is 0.367. The lowest BCUT2D eigenvalue weighted by Gasteiger charge is -2.35. The van der Waals surface area contributed by atoms with Gasteiger partial charge in [-0.25, -0.2) is 9.20 Å². The minimum absolute atomic E-state index is 0.00333. The largest absolute Gasteiger partial charge is 0.417 e. The van der Waals surface area contributed by atoms with Gasteiger partial charge in [-0.2, -0.15) is 18.3 Å². The van der Waals surface area contributed by atoms with Crippen molar-refractivity contribution < 1.29 is 23.1 Å². The lowest BCUT2D eigenvalue weighted by molar-refractivity contribution is -0.138. The van der Waals surface area contributed by atoms with Crippen LogP contribution in [0, 0.1) is 5.92 Å². The van der Waals surface area contributed by atoms with Crippen molar-refractivity contribution in [3.63, 3.8) is 0 Å². The molecule has 5 aromatic rings. The summed E-state index contributed by atoms with van der Waals surface area (Å²) >= 11 is 2.93. The number of rotatable bonds is 6. The number of carbonyl (C=O) groups excluding carboxylic acids is 1. The molecule has 1 aliphatic heterocycles. The molecule has 0 saturated carbocycles. The molecule has 10 nitrogen and oxygen atoms in total. The van der Waals surface area contributed by atoms with Crippen molar-refractivity contribution in [2.24, 2.45) is 5.92 Å². The fourth-order valence-corrected chi connectivity index (χ4v) is 6.35. The molecule has 0 aliphatic carbocycles. The molecule has 4 heterocycles. The van der Waals surface area contributed by atoms with E-state index in [9.17, 15) is 27.9 Å². The highest BCUT2D eigenvalue weighted by Crippen LogP contribution is 2.36. The van der Waals surface area contributed by atoms with Gasteiger partial charge in [0.15, 0.2) is 0 Å². The number of nitrogens with zero attached hydrogens (tertiary/aromatic N) is 7. The van der Waals surface area contributed by atoms with Crippen LogP contribution in [0.4, 0.5) is 13.2 Å². The van der Waals surface area contributed by atoms with Crippen LogP contribution in [0.1, 0.15) is 53.5 Å². The average Bonchev–Trinajstić information content (AvgIpc) is 3.56. The maximum atomic E-state index is 14.3. The molecule has 1 amide bonds. The third-order valence-corrected chi connectivity index (χ3v) is 8.61. The zero-order valence-electron chi connectivity index (χ0n) is 24.1. The molecule has 3 aromatic heterocycles. The number of hydrogen-bond donors (Lipinski definition) is 1. The van der Waals surface area contributed by atoms with Crippen LogP contribution in [0.5, 0.6) is 0 Å². The second-order valence-corrected chi connectivity index (χ2v) is 12.3. The van der Waals surface area contributed by atoms with Gasteiger partial charge in [0.05, 0.1) is 48.4 Å². The first-order chi connectivity index (χ1) is 20.9. The number of alkyl halides is 3. The van der Waals surface area contributed by atoms with E-state index in [1.165, 1.54) is 17.0 Å². The van der Waals surface area contributed by atoms with Crippen LogP contribution < -0.4 is 5.56 Å². The molecule has 1 atom stereocenters. The van der Waals surface area contributed by atoms with Gasteiger partial charge in [0.2, 0.25) is 0 Å². The molecule has 1 N–H and O–H groups in total. The summed E-state index contributed by atoms with van der Waals surface area (Å²) in [6.45, 7) is 6.08. The van der Waals surface area contributed by atoms with Crippen molar-refractivity contribution in [2.75, 3.05) is 6.61 Å². The van der Waals surface area contributed by atoms with Gasteiger partial charge in [-0.1, -0.05) is 35.0 Å². The van der Waals surface area contributed by atoms with Crippen molar-refractivity contribution in [3.8, 4) is 5.69 Å². The predicted molar refractivity (Wildman–Crippen MR) is 160 cm³/mol. The minimum atomic E-state index is -4.63. The SMILES string of the molecule is CC(C)Cc1cnn2c3c(c(=O)n(-c4ccc5c(c4)nnn5CCO)c12)C[C@H](C)N(C(=O)c1ccc(Br)c(C(F)(F)F)c1)C3. The molecule has 0 unspecified atom stereocenters. The van der Waals surface area contributed by atoms with Crippen LogP contribution in [0.25, 0.3) is 22.4 Å². The van der Waals surface area contributed by atoms with Crippen molar-refractivity contribution in [1.82, 2.24) is 34.1 Å². The van der Waals surface area contributed by atoms with E-state index in [-0.39, 0.29) is 47.6 Å². The van der Waals surface area contributed by atoms with Crippen molar-refractivity contribution in [2.45, 2.75) is 58.9 Å². The number of aliphatic hydroxyl groups is 1. The van der Waals surface area contributed by atoms with E-state index in [0.29, 0.717) is 40.0 Å². The molecule has 0 spiro atoms. The monoisotopic (exact) mass is 671 g/mol. The van der Waals surface area contributed by atoms with Crippen LogP contribution in [0.15, 0.2) is 51.9 Å². The summed E-state index contributed by atoms with van der Waals surface area (Å²) in [6, 6.07) is 8.33. The number of hydrogen-bond acceptors (Lipinski definition) is 6. The third-order valence-electron chi connectivity index (χ3n) is 7.92. The number of benzene rings is 2. The number of aromatic nitrogens is 6. The highest BCUT2D eigenvalue weighted by Gasteiger charge is 2.36. The summed E-state index contributed by atoms with van der Waals surface area (Å²) in [6.07, 6.45) is -2.10. The predicted octanol–water partition coefficient (Wildman–Crippen LogP) is 4.79. The first-order valence-corrected chi connectivity index (χ1v) is 14.9. The Bertz CT molecular complexity index is 1980. The Balaban J connectivity index is 1.49. The van der Waals surface area contributed by atoms with Crippen molar-refractivity contribution >= 4 is 38.5 Å². The van der Waals surface area contributed by atoms with Crippen LogP contribution in [0.3, 0.4) is 0 Å². The van der Waals surface area contributed by atoms with E-state index >= 15 is 0 Å². The minimum Gasteiger partial charge on any atom is -0.394 e. The molecule has 44 heavy (non-hydrogen) atoms. The Kier molecular flexibility index (Phi) is 7.60. The molecule has 2 aromatic carbocycles. The Morgan fingerprint density at radius 2 is 1.95 bits per heavy atom. The smallest absolute Gasteiger partial charge is 0.394 e. The number of amides is 1. The summed E-state index contributed by atoms with van der Waals surface area (Å²) < 4.78 is 45.5. The van der Waals surface area contributed by atoms with Gasteiger partial charge in [0.1, 0.15) is 11.2 Å². The van der Waals surface area contributed by atoms with Gasteiger partial charge in [0.25, 0.3) is 11.5 Å². The van der Waals surface area contributed by atoms with E-state index in [1.54, 1.807) is 45.1 Å². The van der Waals surface area contributed by atoms with Crippen LogP contribution in [-0.4, -0.2) is 57.7 Å². The van der Waals surface area contributed by atoms with Gasteiger partial charge in [-0.15, -0.1) is 5.10 Å². The highest BCUT2D eigenvalue weighted by atomic mass is 79.9. The molecule has 0 fully saturated rings. The molecule has 14 heteroatoms. The summed E-state index contributed by atoms with van der Waals surface area (Å²) in [5.74, 6) is -0.314. The van der Waals surface area contributed by atoms with Gasteiger partial charge in [-0.05, 0) is 62.1 Å². The Labute approximate surface area is 257 Å². The standard InChI is InChI=1S/C30H29BrF3N7O3/c1-16(2)10-19-14-35-41-26-15-38(28(43)18-4-6-23(31)22(12-18)30(32,33)34)17(3)11-21(26)29(44)40(27(19)41)20-5-7-25-24(13-20)36-37-39(25)8-9-42/h4-7,12-14,16-17,42H,8-11,15H2,1-3H3/t17-/m0/s1. The fourth-order valence-electron chi connectivity index (χ4n) is 5.88. The van der Waals surface area contributed by atoms with Gasteiger partial charge in [0, 0.05) is 27.2 Å². The quantitative estimate of drug-likeness (QED) is 0.278. The number of fused-ring (bicyclic) bond motifs is 4. The van der Waals surface area contributed by atoms with Crippen molar-refractivity contribution in [1.29, 1.82) is 0 Å². The van der Waals surface area contributed by atoms with Crippen LogP contribution >= 0.6 is 15.9 Å². The van der Waals surface area contributed by atoms with E-state index in [4.69, 9.17) is 0 Å². The van der Waals surface area contributed by atoms with Gasteiger partial charge < -0.3 is 10.0 Å². The summed E-state index contributed by atoms with van der Waals surface area (Å²) in [7, 11) is 0. The van der Waals surface area contributed by atoms with Crippen LogP contribution in [0.2, 0.25) is 0 Å². The first-order valence-electron chi connectivity index (χ1n) is 14.1. The molecular weight excluding hydrogens is 643 g/mol. The number of halogens is 4. The normalized spacial score (nSPS) is 15.5. The van der Waals surface area contributed by atoms with E-state index in [2.05, 4.69) is 45.2 Å². The Morgan fingerprint density at radius 3 is 2.66 bits per heavy atom. The Morgan fingerprint density at radius 1 is 1.18 bits per heavy atom. The number of aliphatic hydroxyl groups excluding tert-OH is 1. The van der Waals surface area contributed by atoms with Crippen molar-refractivity contribution in [3.05, 3.63) is 85.4 Å². The Hall–Kier alpha value is -4.04. The van der Waals surface area contributed by atoms with Gasteiger partial charge >= 0.3 is 6.18 Å². The van der Waals surface area contributed by atoms with E-state index in [0.717, 1.165) is 11.6 Å². The maximum Gasteiger partial charge on any atom is 0.417 e. The maximum absolute atomic E-state index is 14.3.